The Hall–Kier alpha value is -2.43. The number of rotatable bonds is 4. The van der Waals surface area contributed by atoms with E-state index in [1.807, 2.05) is 34.1 Å². The van der Waals surface area contributed by atoms with Crippen LogP contribution in [-0.2, 0) is 16.1 Å². The van der Waals surface area contributed by atoms with Crippen LogP contribution >= 0.6 is 0 Å². The molecule has 2 amide bonds. The van der Waals surface area contributed by atoms with Crippen molar-refractivity contribution in [1.29, 1.82) is 5.26 Å². The largest absolute Gasteiger partial charge is 0.396 e. The molecule has 3 fully saturated rings. The van der Waals surface area contributed by atoms with Gasteiger partial charge in [-0.15, -0.1) is 0 Å². The predicted molar refractivity (Wildman–Crippen MR) is 111 cm³/mol. The third-order valence-corrected chi connectivity index (χ3v) is 7.21. The fourth-order valence-electron chi connectivity index (χ4n) is 5.50. The van der Waals surface area contributed by atoms with Crippen LogP contribution in [0.2, 0.25) is 0 Å². The Morgan fingerprint density at radius 1 is 1.20 bits per heavy atom. The van der Waals surface area contributed by atoms with Crippen LogP contribution in [0.4, 0.5) is 0 Å². The lowest BCUT2D eigenvalue weighted by Gasteiger charge is -2.33. The van der Waals surface area contributed by atoms with E-state index in [0.717, 1.165) is 38.0 Å². The zero-order chi connectivity index (χ0) is 21.3. The molecule has 1 aromatic carbocycles. The number of piperidine rings is 1. The average molecular weight is 411 g/mol. The molecule has 0 bridgehead atoms. The van der Waals surface area contributed by atoms with Gasteiger partial charge in [0.25, 0.3) is 0 Å². The van der Waals surface area contributed by atoms with E-state index in [1.165, 1.54) is 0 Å². The molecule has 1 N–H and O–H groups in total. The molecule has 3 aliphatic rings. The molecular weight excluding hydrogens is 380 g/mol. The van der Waals surface area contributed by atoms with Gasteiger partial charge >= 0.3 is 0 Å². The summed E-state index contributed by atoms with van der Waals surface area (Å²) in [5.74, 6) is 0.521. The molecule has 0 saturated carbocycles. The third-order valence-electron chi connectivity index (χ3n) is 7.21. The minimum absolute atomic E-state index is 0.0139. The van der Waals surface area contributed by atoms with Crippen molar-refractivity contribution in [3.63, 3.8) is 0 Å². The first kappa shape index (κ1) is 20.8. The number of aliphatic hydroxyl groups is 1. The number of benzene rings is 1. The third kappa shape index (κ3) is 3.94. The minimum Gasteiger partial charge on any atom is -0.396 e. The van der Waals surface area contributed by atoms with E-state index in [9.17, 15) is 14.7 Å². The standard InChI is InChI=1S/C23H30N4O3/c1-17(29)26-7-5-20(6-8-26)22(30)27-13-21-12-25(14-23(21,15-27)16-28)11-19-4-2-3-18(9-19)10-24/h2-4,9,20-21,28H,5-8,11-16H2,1H3/t21-,23+/m0/s1. The molecule has 7 heteroatoms. The summed E-state index contributed by atoms with van der Waals surface area (Å²) in [6.45, 7) is 6.64. The van der Waals surface area contributed by atoms with Gasteiger partial charge in [-0.25, -0.2) is 0 Å². The second-order valence-electron chi connectivity index (χ2n) is 9.20. The van der Waals surface area contributed by atoms with Crippen molar-refractivity contribution in [2.45, 2.75) is 26.3 Å². The van der Waals surface area contributed by atoms with Crippen molar-refractivity contribution in [1.82, 2.24) is 14.7 Å². The Balaban J connectivity index is 1.36. The van der Waals surface area contributed by atoms with Gasteiger partial charge in [0.2, 0.25) is 11.8 Å². The van der Waals surface area contributed by atoms with Crippen LogP contribution in [0.3, 0.4) is 0 Å². The molecule has 160 valence electrons. The maximum atomic E-state index is 13.1. The molecule has 30 heavy (non-hydrogen) atoms. The van der Waals surface area contributed by atoms with Gasteiger partial charge in [-0.05, 0) is 36.5 Å². The van der Waals surface area contributed by atoms with Gasteiger partial charge in [0, 0.05) is 64.1 Å². The number of aliphatic hydroxyl groups excluding tert-OH is 1. The molecule has 0 aromatic heterocycles. The molecule has 4 rings (SSSR count). The second kappa shape index (κ2) is 8.37. The summed E-state index contributed by atoms with van der Waals surface area (Å²) in [7, 11) is 0. The molecule has 0 unspecified atom stereocenters. The zero-order valence-electron chi connectivity index (χ0n) is 17.6. The number of nitriles is 1. The van der Waals surface area contributed by atoms with Gasteiger partial charge in [-0.2, -0.15) is 5.26 Å². The molecular formula is C23H30N4O3. The molecule has 3 saturated heterocycles. The summed E-state index contributed by atoms with van der Waals surface area (Å²) in [4.78, 5) is 30.7. The Kier molecular flexibility index (Phi) is 5.81. The van der Waals surface area contributed by atoms with E-state index in [2.05, 4.69) is 11.0 Å². The Bertz CT molecular complexity index is 858. The van der Waals surface area contributed by atoms with Crippen LogP contribution in [0, 0.1) is 28.6 Å². The summed E-state index contributed by atoms with van der Waals surface area (Å²) in [6.07, 6.45) is 1.46. The van der Waals surface area contributed by atoms with E-state index in [0.29, 0.717) is 31.7 Å². The summed E-state index contributed by atoms with van der Waals surface area (Å²) in [5.41, 5.74) is 1.51. The fraction of sp³-hybridized carbons (Fsp3) is 0.609. The molecule has 0 spiro atoms. The number of amides is 2. The lowest BCUT2D eigenvalue weighted by molar-refractivity contribution is -0.139. The predicted octanol–water partition coefficient (Wildman–Crippen LogP) is 1.07. The van der Waals surface area contributed by atoms with Crippen molar-refractivity contribution in [3.05, 3.63) is 35.4 Å². The molecule has 0 aliphatic carbocycles. The lowest BCUT2D eigenvalue weighted by atomic mass is 9.82. The number of carbonyl (C=O) groups excluding carboxylic acids is 2. The van der Waals surface area contributed by atoms with E-state index in [1.54, 1.807) is 6.92 Å². The van der Waals surface area contributed by atoms with E-state index in [4.69, 9.17) is 5.26 Å². The number of carbonyl (C=O) groups is 2. The van der Waals surface area contributed by atoms with Gasteiger partial charge < -0.3 is 14.9 Å². The van der Waals surface area contributed by atoms with E-state index < -0.39 is 0 Å². The monoisotopic (exact) mass is 410 g/mol. The first-order valence-electron chi connectivity index (χ1n) is 10.8. The lowest BCUT2D eigenvalue weighted by Crippen LogP contribution is -2.45. The van der Waals surface area contributed by atoms with Crippen molar-refractivity contribution < 1.29 is 14.7 Å². The van der Waals surface area contributed by atoms with E-state index >= 15 is 0 Å². The number of likely N-dealkylation sites (tertiary alicyclic amines) is 3. The normalized spacial score (nSPS) is 27.2. The maximum Gasteiger partial charge on any atom is 0.225 e. The molecule has 3 heterocycles. The van der Waals surface area contributed by atoms with Crippen LogP contribution in [0.1, 0.15) is 30.9 Å². The summed E-state index contributed by atoms with van der Waals surface area (Å²) in [5, 5.41) is 19.4. The Morgan fingerprint density at radius 3 is 2.60 bits per heavy atom. The average Bonchev–Trinajstić information content (AvgIpc) is 3.27. The molecule has 0 radical (unpaired) electrons. The van der Waals surface area contributed by atoms with Gasteiger partial charge in [-0.3, -0.25) is 14.5 Å². The smallest absolute Gasteiger partial charge is 0.225 e. The quantitative estimate of drug-likeness (QED) is 0.802. The number of hydrogen-bond acceptors (Lipinski definition) is 5. The van der Waals surface area contributed by atoms with Crippen LogP contribution in [0.15, 0.2) is 24.3 Å². The number of nitrogens with zero attached hydrogens (tertiary/aromatic N) is 4. The van der Waals surface area contributed by atoms with Crippen LogP contribution in [-0.4, -0.2) is 77.5 Å². The maximum absolute atomic E-state index is 13.1. The zero-order valence-corrected chi connectivity index (χ0v) is 17.6. The molecule has 1 aromatic rings. The highest BCUT2D eigenvalue weighted by Gasteiger charge is 2.53. The summed E-state index contributed by atoms with van der Waals surface area (Å²) >= 11 is 0. The van der Waals surface area contributed by atoms with E-state index in [-0.39, 0.29) is 35.7 Å². The van der Waals surface area contributed by atoms with Crippen LogP contribution in [0.25, 0.3) is 0 Å². The van der Waals surface area contributed by atoms with Crippen molar-refractivity contribution in [2.24, 2.45) is 17.3 Å². The highest BCUT2D eigenvalue weighted by atomic mass is 16.3. The van der Waals surface area contributed by atoms with Crippen molar-refractivity contribution >= 4 is 11.8 Å². The summed E-state index contributed by atoms with van der Waals surface area (Å²) in [6, 6.07) is 9.85. The minimum atomic E-state index is -0.261. The molecule has 7 nitrogen and oxygen atoms in total. The van der Waals surface area contributed by atoms with Crippen molar-refractivity contribution in [2.75, 3.05) is 45.9 Å². The highest BCUT2D eigenvalue weighted by Crippen LogP contribution is 2.43. The van der Waals surface area contributed by atoms with Crippen LogP contribution in [0.5, 0.6) is 0 Å². The van der Waals surface area contributed by atoms with Crippen LogP contribution < -0.4 is 0 Å². The fourth-order valence-corrected chi connectivity index (χ4v) is 5.50. The molecule has 2 atom stereocenters. The second-order valence-corrected chi connectivity index (χ2v) is 9.20. The highest BCUT2D eigenvalue weighted by molar-refractivity contribution is 5.80. The molecule has 3 aliphatic heterocycles. The van der Waals surface area contributed by atoms with Gasteiger partial charge in [0.05, 0.1) is 18.2 Å². The Labute approximate surface area is 177 Å². The van der Waals surface area contributed by atoms with Gasteiger partial charge in [0.15, 0.2) is 0 Å². The van der Waals surface area contributed by atoms with Gasteiger partial charge in [-0.1, -0.05) is 12.1 Å². The number of fused-ring (bicyclic) bond motifs is 1. The van der Waals surface area contributed by atoms with Gasteiger partial charge in [0.1, 0.15) is 0 Å². The summed E-state index contributed by atoms with van der Waals surface area (Å²) < 4.78 is 0. The Morgan fingerprint density at radius 2 is 1.97 bits per heavy atom. The topological polar surface area (TPSA) is 87.9 Å². The van der Waals surface area contributed by atoms with Crippen molar-refractivity contribution in [3.8, 4) is 6.07 Å². The first-order chi connectivity index (χ1) is 14.4. The number of hydrogen-bond donors (Lipinski definition) is 1. The first-order valence-corrected chi connectivity index (χ1v) is 10.8. The SMILES string of the molecule is CC(=O)N1CCC(C(=O)N2C[C@@H]3CN(Cc4cccc(C#N)c4)C[C@]3(CO)C2)CC1.